The summed E-state index contributed by atoms with van der Waals surface area (Å²) in [5.41, 5.74) is 10.1. The van der Waals surface area contributed by atoms with E-state index in [2.05, 4.69) is 74.3 Å². The molecule has 0 unspecified atom stereocenters. The smallest absolute Gasteiger partial charge is 0.272 e. The second-order valence-corrected chi connectivity index (χ2v) is 8.21. The Morgan fingerprint density at radius 2 is 1.69 bits per heavy atom. The third-order valence-electron chi connectivity index (χ3n) is 5.75. The number of likely N-dealkylation sites (N-methyl/N-ethyl adjacent to an activating group) is 1. The molecule has 2 atom stereocenters. The maximum absolute atomic E-state index is 13.1. The maximum atomic E-state index is 13.1. The Morgan fingerprint density at radius 3 is 2.28 bits per heavy atom. The summed E-state index contributed by atoms with van der Waals surface area (Å²) in [5.74, 6) is 0.326. The fourth-order valence-corrected chi connectivity index (χ4v) is 3.94. The molecule has 2 aromatic carbocycles. The summed E-state index contributed by atoms with van der Waals surface area (Å²) in [6, 6.07) is 18.9. The number of para-hydroxylation sites is 1. The van der Waals surface area contributed by atoms with E-state index in [4.69, 9.17) is 0 Å². The molecule has 6 nitrogen and oxygen atoms in total. The van der Waals surface area contributed by atoms with Gasteiger partial charge in [0.2, 0.25) is 0 Å². The Labute approximate surface area is 191 Å². The van der Waals surface area contributed by atoms with Gasteiger partial charge in [-0.1, -0.05) is 73.3 Å². The summed E-state index contributed by atoms with van der Waals surface area (Å²) in [7, 11) is 4.18. The van der Waals surface area contributed by atoms with Gasteiger partial charge in [0.05, 0.1) is 11.9 Å². The second kappa shape index (κ2) is 10.8. The summed E-state index contributed by atoms with van der Waals surface area (Å²) >= 11 is 0. The van der Waals surface area contributed by atoms with Gasteiger partial charge in [-0.2, -0.15) is 0 Å². The number of amides is 1. The van der Waals surface area contributed by atoms with Crippen LogP contribution in [0.3, 0.4) is 0 Å². The molecule has 2 heterocycles. The van der Waals surface area contributed by atoms with E-state index in [1.165, 1.54) is 11.1 Å². The van der Waals surface area contributed by atoms with Gasteiger partial charge in [0, 0.05) is 25.0 Å². The van der Waals surface area contributed by atoms with Crippen LogP contribution in [-0.4, -0.2) is 48.9 Å². The molecule has 1 amide bonds. The zero-order valence-corrected chi connectivity index (χ0v) is 19.2. The lowest BCUT2D eigenvalue weighted by molar-refractivity contribution is -0.126. The SMILES string of the molecule is C=CC=C.Cc1ccc([C@@H]2CN(C(=O)C3=CN(c4ccccc4)NN3)C[C@H]2N(C)C)cc1. The normalized spacial score (nSPS) is 19.7. The first kappa shape index (κ1) is 23.3. The Balaban J connectivity index is 0.000000668. The quantitative estimate of drug-likeness (QED) is 0.709. The van der Waals surface area contributed by atoms with Gasteiger partial charge in [-0.25, -0.2) is 0 Å². The van der Waals surface area contributed by atoms with Crippen molar-refractivity contribution >= 4 is 11.6 Å². The number of nitrogens with zero attached hydrogens (tertiary/aromatic N) is 3. The monoisotopic (exact) mass is 431 g/mol. The number of anilines is 1. The molecular formula is C26H33N5O. The molecule has 0 aromatic heterocycles. The van der Waals surface area contributed by atoms with E-state index < -0.39 is 0 Å². The van der Waals surface area contributed by atoms with Crippen molar-refractivity contribution in [1.29, 1.82) is 0 Å². The summed E-state index contributed by atoms with van der Waals surface area (Å²) in [6.07, 6.45) is 5.10. The molecule has 2 aliphatic rings. The van der Waals surface area contributed by atoms with Crippen LogP contribution in [0, 0.1) is 6.92 Å². The molecular weight excluding hydrogens is 398 g/mol. The fraction of sp³-hybridized carbons (Fsp3) is 0.269. The van der Waals surface area contributed by atoms with Gasteiger partial charge in [-0.15, -0.1) is 5.53 Å². The van der Waals surface area contributed by atoms with Crippen molar-refractivity contribution in [2.24, 2.45) is 0 Å². The van der Waals surface area contributed by atoms with Gasteiger partial charge in [0.25, 0.3) is 5.91 Å². The minimum Gasteiger partial charge on any atom is -0.335 e. The number of hydrogen-bond donors (Lipinski definition) is 2. The highest BCUT2D eigenvalue weighted by Crippen LogP contribution is 2.31. The summed E-state index contributed by atoms with van der Waals surface area (Å²) < 4.78 is 0. The lowest BCUT2D eigenvalue weighted by Gasteiger charge is -2.25. The first-order chi connectivity index (χ1) is 15.4. The van der Waals surface area contributed by atoms with E-state index in [1.807, 2.05) is 46.4 Å². The second-order valence-electron chi connectivity index (χ2n) is 8.21. The summed E-state index contributed by atoms with van der Waals surface area (Å²) in [5, 5.41) is 1.82. The first-order valence-corrected chi connectivity index (χ1v) is 10.8. The number of likely N-dealkylation sites (tertiary alicyclic amines) is 1. The average molecular weight is 432 g/mol. The van der Waals surface area contributed by atoms with Crippen LogP contribution >= 0.6 is 0 Å². The highest BCUT2D eigenvalue weighted by atomic mass is 16.2. The number of benzene rings is 2. The van der Waals surface area contributed by atoms with Crippen molar-refractivity contribution in [3.05, 3.63) is 103 Å². The molecule has 0 bridgehead atoms. The number of nitrogens with one attached hydrogen (secondary N) is 2. The van der Waals surface area contributed by atoms with E-state index in [0.717, 1.165) is 12.2 Å². The van der Waals surface area contributed by atoms with Crippen molar-refractivity contribution in [2.45, 2.75) is 18.9 Å². The van der Waals surface area contributed by atoms with Crippen LogP contribution in [0.25, 0.3) is 0 Å². The van der Waals surface area contributed by atoms with E-state index >= 15 is 0 Å². The molecule has 0 saturated carbocycles. The van der Waals surface area contributed by atoms with Gasteiger partial charge in [0.1, 0.15) is 5.70 Å². The zero-order chi connectivity index (χ0) is 23.1. The van der Waals surface area contributed by atoms with E-state index in [0.29, 0.717) is 24.2 Å². The van der Waals surface area contributed by atoms with Crippen LogP contribution in [0.4, 0.5) is 5.69 Å². The average Bonchev–Trinajstić information content (AvgIpc) is 3.48. The topological polar surface area (TPSA) is 50.9 Å². The molecule has 0 aliphatic carbocycles. The highest BCUT2D eigenvalue weighted by molar-refractivity contribution is 5.94. The minimum atomic E-state index is 0.0207. The number of hydrazine groups is 2. The molecule has 1 saturated heterocycles. The molecule has 2 aromatic rings. The maximum Gasteiger partial charge on any atom is 0.272 e. The van der Waals surface area contributed by atoms with Crippen LogP contribution in [0.5, 0.6) is 0 Å². The van der Waals surface area contributed by atoms with E-state index in [1.54, 1.807) is 12.2 Å². The van der Waals surface area contributed by atoms with Crippen molar-refractivity contribution in [3.8, 4) is 0 Å². The summed E-state index contributed by atoms with van der Waals surface area (Å²) in [4.78, 5) is 17.3. The fourth-order valence-electron chi connectivity index (χ4n) is 3.94. The zero-order valence-electron chi connectivity index (χ0n) is 19.2. The standard InChI is InChI=1S/C22H27N5O.C4H6/c1-16-9-11-17(12-10-16)19-13-26(15-21(19)25(2)3)22(28)20-14-27(24-23-20)18-7-5-4-6-8-18;1-3-4-2/h4-12,14,19,21,23-24H,13,15H2,1-3H3;3-4H,1-2H2/t19-,21+;/m0./s1. The van der Waals surface area contributed by atoms with Crippen molar-refractivity contribution in [1.82, 2.24) is 20.8 Å². The third kappa shape index (κ3) is 5.46. The Kier molecular flexibility index (Phi) is 7.87. The number of rotatable bonds is 5. The Bertz CT molecular complexity index is 946. The van der Waals surface area contributed by atoms with Crippen LogP contribution in [-0.2, 0) is 4.79 Å². The number of aryl methyl sites for hydroxylation is 1. The number of allylic oxidation sites excluding steroid dienone is 2. The predicted octanol–water partition coefficient (Wildman–Crippen LogP) is 3.58. The minimum absolute atomic E-state index is 0.0207. The molecule has 4 rings (SSSR count). The number of carbonyl (C=O) groups excluding carboxylic acids is 1. The lowest BCUT2D eigenvalue weighted by atomic mass is 9.93. The molecule has 1 fully saturated rings. The van der Waals surface area contributed by atoms with Gasteiger partial charge in [-0.05, 0) is 38.7 Å². The molecule has 2 aliphatic heterocycles. The van der Waals surface area contributed by atoms with Gasteiger partial charge >= 0.3 is 0 Å². The van der Waals surface area contributed by atoms with Gasteiger partial charge in [0.15, 0.2) is 0 Å². The van der Waals surface area contributed by atoms with Gasteiger partial charge in [-0.3, -0.25) is 15.2 Å². The molecule has 0 radical (unpaired) electrons. The van der Waals surface area contributed by atoms with E-state index in [9.17, 15) is 4.79 Å². The number of hydrogen-bond acceptors (Lipinski definition) is 5. The highest BCUT2D eigenvalue weighted by Gasteiger charge is 2.38. The molecule has 32 heavy (non-hydrogen) atoms. The number of carbonyl (C=O) groups is 1. The lowest BCUT2D eigenvalue weighted by Crippen LogP contribution is -2.41. The summed E-state index contributed by atoms with van der Waals surface area (Å²) in [6.45, 7) is 10.3. The van der Waals surface area contributed by atoms with Crippen molar-refractivity contribution in [3.63, 3.8) is 0 Å². The molecule has 0 spiro atoms. The molecule has 168 valence electrons. The van der Waals surface area contributed by atoms with Crippen molar-refractivity contribution in [2.75, 3.05) is 32.2 Å². The van der Waals surface area contributed by atoms with Crippen LogP contribution < -0.4 is 16.0 Å². The van der Waals surface area contributed by atoms with Crippen LogP contribution in [0.15, 0.2) is 91.8 Å². The van der Waals surface area contributed by atoms with Crippen LogP contribution in [0.2, 0.25) is 0 Å². The van der Waals surface area contributed by atoms with Crippen molar-refractivity contribution < 1.29 is 4.79 Å². The first-order valence-electron chi connectivity index (χ1n) is 10.8. The Hall–Kier alpha value is -3.35. The molecule has 6 heteroatoms. The largest absolute Gasteiger partial charge is 0.335 e. The third-order valence-corrected chi connectivity index (χ3v) is 5.75. The van der Waals surface area contributed by atoms with Gasteiger partial charge < -0.3 is 9.80 Å². The molecule has 2 N–H and O–H groups in total. The Morgan fingerprint density at radius 1 is 1.03 bits per heavy atom. The van der Waals surface area contributed by atoms with E-state index in [-0.39, 0.29) is 5.91 Å². The predicted molar refractivity (Wildman–Crippen MR) is 132 cm³/mol. The van der Waals surface area contributed by atoms with Crippen LogP contribution in [0.1, 0.15) is 17.0 Å².